The molecule has 0 saturated carbocycles. The quantitative estimate of drug-likeness (QED) is 0.0193. The number of ketones is 1. The molecule has 11 N–H and O–H groups in total. The number of carbonyl (C=O) groups excluding carboxylic acids is 1. The zero-order chi connectivity index (χ0) is 55.1. The van der Waals surface area contributed by atoms with Gasteiger partial charge in [0.05, 0.1) is 16.9 Å². The Labute approximate surface area is 439 Å². The van der Waals surface area contributed by atoms with Crippen molar-refractivity contribution >= 4 is 151 Å². The van der Waals surface area contributed by atoms with Crippen LogP contribution in [0.3, 0.4) is 0 Å². The number of nitrogens with two attached hydrogens (primary N) is 1. The van der Waals surface area contributed by atoms with Gasteiger partial charge in [-0.3, -0.25) is 28.4 Å². The molecule has 1 aliphatic rings. The van der Waals surface area contributed by atoms with Crippen molar-refractivity contribution < 1.29 is 56.7 Å². The second-order valence-corrected chi connectivity index (χ2v) is 21.9. The van der Waals surface area contributed by atoms with Crippen molar-refractivity contribution in [3.05, 3.63) is 129 Å². The highest BCUT2D eigenvalue weighted by atomic mass is 35.5. The van der Waals surface area contributed by atoms with E-state index in [0.717, 1.165) is 47.5 Å². The third-order valence-electron chi connectivity index (χ3n) is 10.4. The Morgan fingerprint density at radius 3 is 1.50 bits per heavy atom. The van der Waals surface area contributed by atoms with Crippen LogP contribution in [-0.2, 0) is 40.5 Å². The molecule has 0 atom stereocenters. The maximum absolute atomic E-state index is 14.4. The topological polar surface area (TPSA) is 435 Å². The van der Waals surface area contributed by atoms with E-state index in [2.05, 4.69) is 71.9 Å². The van der Waals surface area contributed by atoms with Crippen LogP contribution in [0, 0.1) is 13.8 Å². The number of Topliss-reactive ketones (excluding diaryl/α,β-unsaturated/α-hetero) is 1. The number of hydrogen-bond acceptors (Lipinski definition) is 24. The molecule has 0 bridgehead atoms. The first-order valence-corrected chi connectivity index (χ1v) is 27.3. The largest absolute Gasteiger partial charge is 0.396 e. The van der Waals surface area contributed by atoms with Crippen molar-refractivity contribution in [1.82, 2.24) is 29.9 Å². The summed E-state index contributed by atoms with van der Waals surface area (Å²) >= 11 is 12.3. The number of halogens is 2. The molecule has 0 radical (unpaired) electrons. The number of rotatable bonds is 16. The predicted molar refractivity (Wildman–Crippen MR) is 277 cm³/mol. The summed E-state index contributed by atoms with van der Waals surface area (Å²) < 4.78 is 142. The minimum atomic E-state index is -5.52. The lowest BCUT2D eigenvalue weighted by Gasteiger charge is -2.20. The first kappa shape index (κ1) is 54.1. The lowest BCUT2D eigenvalue weighted by molar-refractivity contribution is 0.106. The van der Waals surface area contributed by atoms with Gasteiger partial charge < -0.3 is 27.0 Å². The molecule has 76 heavy (non-hydrogen) atoms. The number of benzene rings is 5. The van der Waals surface area contributed by atoms with Gasteiger partial charge in [0, 0.05) is 22.7 Å². The van der Waals surface area contributed by atoms with Crippen molar-refractivity contribution in [3.8, 4) is 0 Å². The first-order chi connectivity index (χ1) is 35.6. The fourth-order valence-electron chi connectivity index (χ4n) is 6.98. The Morgan fingerprint density at radius 1 is 0.539 bits per heavy atom. The van der Waals surface area contributed by atoms with Crippen LogP contribution in [0.4, 0.5) is 69.3 Å². The van der Waals surface area contributed by atoms with Crippen LogP contribution in [0.2, 0.25) is 10.6 Å². The Balaban J connectivity index is 1.16. The van der Waals surface area contributed by atoms with Gasteiger partial charge in [-0.25, -0.2) is 0 Å². The second kappa shape index (κ2) is 20.9. The van der Waals surface area contributed by atoms with Gasteiger partial charge in [-0.15, -0.1) is 10.2 Å². The molecule has 0 spiro atoms. The van der Waals surface area contributed by atoms with Gasteiger partial charge in [-0.2, -0.15) is 68.7 Å². The summed E-state index contributed by atoms with van der Waals surface area (Å²) in [7, 11) is -21.3. The summed E-state index contributed by atoms with van der Waals surface area (Å²) in [5.74, 6) is -1.93. The van der Waals surface area contributed by atoms with E-state index in [1.807, 2.05) is 26.0 Å². The minimum absolute atomic E-state index is 0.0149. The van der Waals surface area contributed by atoms with Crippen molar-refractivity contribution in [2.75, 3.05) is 32.4 Å². The van der Waals surface area contributed by atoms with Gasteiger partial charge in [-0.1, -0.05) is 36.4 Å². The van der Waals surface area contributed by atoms with E-state index < -0.39 is 105 Å². The van der Waals surface area contributed by atoms with Crippen LogP contribution in [0.5, 0.6) is 0 Å². The zero-order valence-corrected chi connectivity index (χ0v) is 43.0. The maximum atomic E-state index is 14.4. The number of nitrogens with one attached hydrogen (secondary N) is 5. The van der Waals surface area contributed by atoms with Crippen molar-refractivity contribution in [2.24, 2.45) is 15.3 Å². The fraction of sp³-hybridized carbons (Fsp3) is 0.0476. The van der Waals surface area contributed by atoms with E-state index >= 15 is 0 Å². The van der Waals surface area contributed by atoms with Crippen molar-refractivity contribution in [3.63, 3.8) is 0 Å². The van der Waals surface area contributed by atoms with Crippen LogP contribution >= 0.6 is 23.2 Å². The third kappa shape index (κ3) is 12.3. The van der Waals surface area contributed by atoms with E-state index in [0.29, 0.717) is 23.5 Å². The van der Waals surface area contributed by atoms with Crippen LogP contribution in [0.1, 0.15) is 27.0 Å². The third-order valence-corrected chi connectivity index (χ3v) is 14.3. The number of azo groups is 1. The molecule has 7 aromatic rings. The van der Waals surface area contributed by atoms with Gasteiger partial charge in [0.1, 0.15) is 31.0 Å². The summed E-state index contributed by atoms with van der Waals surface area (Å²) in [6.07, 6.45) is 0.522. The number of para-hydroxylation sites is 2. The molecule has 0 fully saturated rings. The first-order valence-electron chi connectivity index (χ1n) is 20.8. The summed E-state index contributed by atoms with van der Waals surface area (Å²) in [5.41, 5.74) is 5.25. The molecule has 0 amide bonds. The monoisotopic (exact) mass is 1150 g/mol. The number of anilines is 10. The molecular weight excluding hydrogens is 1120 g/mol. The highest BCUT2D eigenvalue weighted by Crippen LogP contribution is 2.42. The van der Waals surface area contributed by atoms with Gasteiger partial charge >= 0.3 is 0 Å². The Morgan fingerprint density at radius 2 is 1.01 bits per heavy atom. The normalized spacial score (nSPS) is 13.6. The standard InChI is InChI=1S/C42H33Cl2N15O13S4/c1-19-7-3-5-9-24(19)48-41-52-37(43)50-39(54-41)46-22-11-13-28(73(61,62)63)26(17-22)56-58-34-30(75(67,68)69)15-21-16-31(76(70,71)72)35(36(60)32(21)33(34)45)59-57-27-18-23(12-14-29(27)74(64,65)66)47-40-51-38(44)53-42(55-40)49-25-10-6-4-8-20(25)2/h3-18,57H,45H2,1-2H3,(H,61,62,63)(H,64,65,66)(H,67,68,69)(H,70,71,72)(H2,46,48,50,52,54)(H2,47,49,51,53,55)/b58-56?,59-35+. The molecule has 392 valence electrons. The molecule has 2 heterocycles. The smallest absolute Gasteiger partial charge is 0.296 e. The number of aryl methyl sites for hydroxylation is 2. The van der Waals surface area contributed by atoms with E-state index in [4.69, 9.17) is 28.9 Å². The second-order valence-electron chi connectivity index (χ2n) is 15.6. The Bertz CT molecular complexity index is 4150. The van der Waals surface area contributed by atoms with E-state index in [1.54, 1.807) is 36.4 Å². The van der Waals surface area contributed by atoms with Crippen LogP contribution in [0.25, 0.3) is 6.08 Å². The summed E-state index contributed by atoms with van der Waals surface area (Å²) in [5, 5.41) is 22.2. The highest BCUT2D eigenvalue weighted by Gasteiger charge is 2.37. The molecular formula is C42H33Cl2N15O13S4. The minimum Gasteiger partial charge on any atom is -0.396 e. The van der Waals surface area contributed by atoms with Gasteiger partial charge in [0.15, 0.2) is 5.71 Å². The molecule has 1 aliphatic carbocycles. The summed E-state index contributed by atoms with van der Waals surface area (Å²) in [6.45, 7) is 3.64. The van der Waals surface area contributed by atoms with Gasteiger partial charge in [-0.05, 0) is 114 Å². The van der Waals surface area contributed by atoms with Crippen molar-refractivity contribution in [2.45, 2.75) is 28.5 Å². The molecule has 5 aromatic carbocycles. The lowest BCUT2D eigenvalue weighted by atomic mass is 9.92. The van der Waals surface area contributed by atoms with Gasteiger partial charge in [0.25, 0.3) is 40.5 Å². The van der Waals surface area contributed by atoms with E-state index in [1.165, 1.54) is 0 Å². The van der Waals surface area contributed by atoms with E-state index in [9.17, 15) is 56.7 Å². The number of nitrogens with zero attached hydrogens (tertiary/aromatic N) is 9. The number of hydrazone groups is 1. The summed E-state index contributed by atoms with van der Waals surface area (Å²) in [4.78, 5) is 34.6. The number of carbonyl (C=O) groups is 1. The molecule has 0 aliphatic heterocycles. The number of fused-ring (bicyclic) bond motifs is 1. The lowest BCUT2D eigenvalue weighted by Crippen LogP contribution is -2.28. The molecule has 8 rings (SSSR count). The zero-order valence-electron chi connectivity index (χ0n) is 38.2. The molecule has 2 aromatic heterocycles. The number of aromatic nitrogens is 6. The maximum Gasteiger partial charge on any atom is 0.296 e. The molecule has 34 heteroatoms. The molecule has 0 unspecified atom stereocenters. The molecule has 0 saturated heterocycles. The van der Waals surface area contributed by atoms with Crippen molar-refractivity contribution in [1.29, 1.82) is 0 Å². The Kier molecular flexibility index (Phi) is 14.8. The number of allylic oxidation sites excluding steroid dienone is 1. The van der Waals surface area contributed by atoms with Crippen LogP contribution in [-0.4, -0.2) is 93.3 Å². The number of hydrogen-bond donors (Lipinski definition) is 10. The van der Waals surface area contributed by atoms with Crippen LogP contribution < -0.4 is 32.4 Å². The van der Waals surface area contributed by atoms with Crippen LogP contribution in [0.15, 0.2) is 126 Å². The Hall–Kier alpha value is -8.18. The average Bonchev–Trinajstić information content (AvgIpc) is 3.35. The predicted octanol–water partition coefficient (Wildman–Crippen LogP) is 7.59. The average molecular weight is 1150 g/mol. The van der Waals surface area contributed by atoms with Gasteiger partial charge in [0.2, 0.25) is 40.1 Å². The highest BCUT2D eigenvalue weighted by molar-refractivity contribution is 7.91. The SMILES string of the molecule is Cc1ccccc1Nc1nc(Cl)nc(Nc2ccc(S(=O)(=O)O)c(N=Nc3c(S(=O)(=O)O)cc4c(c3N)C(=O)/C(=N/Nc3cc(Nc5nc(Cl)nc(Nc6ccccc6C)n5)ccc3S(=O)(=O)O)C(S(=O)(=O)O)=C4)c2)n1. The summed E-state index contributed by atoms with van der Waals surface area (Å²) in [6, 6.07) is 20.7. The number of nitrogen functional groups attached to an aromatic ring is 1. The molecule has 28 nitrogen and oxygen atoms in total. The fourth-order valence-corrected chi connectivity index (χ4v) is 9.85. The van der Waals surface area contributed by atoms with E-state index in [-0.39, 0.29) is 45.7 Å².